The zero-order valence-corrected chi connectivity index (χ0v) is 9.97. The molecule has 1 rings (SSSR count). The van der Waals surface area contributed by atoms with Crippen LogP contribution in [-0.2, 0) is 0 Å². The molecule has 0 amide bonds. The molecule has 0 heterocycles. The lowest BCUT2D eigenvalue weighted by atomic mass is 10.1. The van der Waals surface area contributed by atoms with Crippen molar-refractivity contribution in [1.82, 2.24) is 5.43 Å². The first-order chi connectivity index (χ1) is 7.50. The summed E-state index contributed by atoms with van der Waals surface area (Å²) in [7, 11) is 0. The highest BCUT2D eigenvalue weighted by Crippen LogP contribution is 2.07. The standard InChI is InChI=1S/C11H13N3OS/c1-7(13-14-11(12)16)9-4-3-5-10(6-9)8(2)15/h3-6H,1-2H3,(H3,12,14,16). The van der Waals surface area contributed by atoms with E-state index in [-0.39, 0.29) is 10.9 Å². The highest BCUT2D eigenvalue weighted by Gasteiger charge is 2.02. The van der Waals surface area contributed by atoms with Crippen LogP contribution in [0.15, 0.2) is 29.4 Å². The molecule has 0 spiro atoms. The van der Waals surface area contributed by atoms with Gasteiger partial charge in [0.15, 0.2) is 10.9 Å². The molecular weight excluding hydrogens is 222 g/mol. The van der Waals surface area contributed by atoms with Crippen molar-refractivity contribution < 1.29 is 4.79 Å². The molecule has 84 valence electrons. The molecular formula is C11H13N3OS. The van der Waals surface area contributed by atoms with Crippen molar-refractivity contribution >= 4 is 28.8 Å². The number of Topliss-reactive ketones (excluding diaryl/α,β-unsaturated/α-hetero) is 1. The normalized spacial score (nSPS) is 11.0. The maximum absolute atomic E-state index is 11.2. The van der Waals surface area contributed by atoms with E-state index in [1.54, 1.807) is 12.1 Å². The van der Waals surface area contributed by atoms with Gasteiger partial charge in [0.05, 0.1) is 5.71 Å². The number of carbonyl (C=O) groups excluding carboxylic acids is 1. The summed E-state index contributed by atoms with van der Waals surface area (Å²) in [5.41, 5.74) is 9.99. The SMILES string of the molecule is CC(=O)c1cccc(C(C)=NNC(N)=S)c1. The predicted octanol–water partition coefficient (Wildman–Crippen LogP) is 1.45. The van der Waals surface area contributed by atoms with Crippen molar-refractivity contribution in [2.45, 2.75) is 13.8 Å². The Morgan fingerprint density at radius 2 is 2.00 bits per heavy atom. The van der Waals surface area contributed by atoms with Gasteiger partial charge in [0, 0.05) is 5.56 Å². The molecule has 5 heteroatoms. The number of thiocarbonyl (C=S) groups is 1. The van der Waals surface area contributed by atoms with Crippen LogP contribution in [0.1, 0.15) is 29.8 Å². The van der Waals surface area contributed by atoms with Gasteiger partial charge in [-0.1, -0.05) is 18.2 Å². The Morgan fingerprint density at radius 3 is 2.56 bits per heavy atom. The highest BCUT2D eigenvalue weighted by atomic mass is 32.1. The number of nitrogens with one attached hydrogen (secondary N) is 1. The van der Waals surface area contributed by atoms with Gasteiger partial charge in [-0.25, -0.2) is 0 Å². The zero-order chi connectivity index (χ0) is 12.1. The third-order valence-corrected chi connectivity index (χ3v) is 2.11. The Kier molecular flexibility index (Phi) is 4.13. The fraction of sp³-hybridized carbons (Fsp3) is 0.182. The van der Waals surface area contributed by atoms with Gasteiger partial charge in [-0.15, -0.1) is 0 Å². The number of rotatable bonds is 3. The lowest BCUT2D eigenvalue weighted by molar-refractivity contribution is 0.101. The first-order valence-corrected chi connectivity index (χ1v) is 5.12. The number of benzene rings is 1. The van der Waals surface area contributed by atoms with Crippen molar-refractivity contribution in [2.75, 3.05) is 0 Å². The van der Waals surface area contributed by atoms with Gasteiger partial charge in [0.1, 0.15) is 0 Å². The van der Waals surface area contributed by atoms with Gasteiger partial charge >= 0.3 is 0 Å². The number of hydrogen-bond donors (Lipinski definition) is 2. The molecule has 0 aliphatic carbocycles. The Balaban J connectivity index is 2.95. The fourth-order valence-corrected chi connectivity index (χ4v) is 1.21. The summed E-state index contributed by atoms with van der Waals surface area (Å²) < 4.78 is 0. The van der Waals surface area contributed by atoms with Crippen LogP contribution in [0.2, 0.25) is 0 Å². The summed E-state index contributed by atoms with van der Waals surface area (Å²) in [4.78, 5) is 11.2. The third kappa shape index (κ3) is 3.43. The number of ketones is 1. The van der Waals surface area contributed by atoms with E-state index in [4.69, 9.17) is 5.73 Å². The molecule has 3 N–H and O–H groups in total. The van der Waals surface area contributed by atoms with Crippen molar-refractivity contribution in [1.29, 1.82) is 0 Å². The van der Waals surface area contributed by atoms with E-state index in [0.717, 1.165) is 11.3 Å². The predicted molar refractivity (Wildman–Crippen MR) is 68.6 cm³/mol. The summed E-state index contributed by atoms with van der Waals surface area (Å²) in [5.74, 6) is 0.0250. The van der Waals surface area contributed by atoms with Crippen LogP contribution in [0.5, 0.6) is 0 Å². The number of hydrogen-bond acceptors (Lipinski definition) is 3. The molecule has 1 aromatic rings. The number of hydrazone groups is 1. The first-order valence-electron chi connectivity index (χ1n) is 4.72. The van der Waals surface area contributed by atoms with Gasteiger partial charge in [-0.2, -0.15) is 5.10 Å². The molecule has 0 bridgehead atoms. The maximum Gasteiger partial charge on any atom is 0.184 e. The molecule has 0 aromatic heterocycles. The van der Waals surface area contributed by atoms with Crippen LogP contribution in [-0.4, -0.2) is 16.6 Å². The van der Waals surface area contributed by atoms with E-state index in [0.29, 0.717) is 5.56 Å². The summed E-state index contributed by atoms with van der Waals surface area (Å²) >= 11 is 4.64. The average molecular weight is 235 g/mol. The quantitative estimate of drug-likeness (QED) is 0.360. The average Bonchev–Trinajstić information content (AvgIpc) is 2.26. The Bertz CT molecular complexity index is 454. The molecule has 0 aliphatic heterocycles. The molecule has 16 heavy (non-hydrogen) atoms. The van der Waals surface area contributed by atoms with Gasteiger partial charge < -0.3 is 5.73 Å². The molecule has 1 aromatic carbocycles. The Hall–Kier alpha value is -1.75. The summed E-state index contributed by atoms with van der Waals surface area (Å²) in [6.07, 6.45) is 0. The minimum Gasteiger partial charge on any atom is -0.375 e. The Morgan fingerprint density at radius 1 is 1.38 bits per heavy atom. The summed E-state index contributed by atoms with van der Waals surface area (Å²) in [6.45, 7) is 3.34. The number of nitrogens with two attached hydrogens (primary N) is 1. The van der Waals surface area contributed by atoms with Crippen LogP contribution in [0.25, 0.3) is 0 Å². The molecule has 0 saturated heterocycles. The first kappa shape index (κ1) is 12.3. The van der Waals surface area contributed by atoms with E-state index in [9.17, 15) is 4.79 Å². The van der Waals surface area contributed by atoms with E-state index in [2.05, 4.69) is 22.7 Å². The van der Waals surface area contributed by atoms with Crippen molar-refractivity contribution in [2.24, 2.45) is 10.8 Å². The zero-order valence-electron chi connectivity index (χ0n) is 9.15. The lowest BCUT2D eigenvalue weighted by Crippen LogP contribution is -2.25. The van der Waals surface area contributed by atoms with Gasteiger partial charge in [0.2, 0.25) is 0 Å². The number of nitrogens with zero attached hydrogens (tertiary/aromatic N) is 1. The lowest BCUT2D eigenvalue weighted by Gasteiger charge is -2.03. The molecule has 0 saturated carbocycles. The second-order valence-electron chi connectivity index (χ2n) is 3.31. The highest BCUT2D eigenvalue weighted by molar-refractivity contribution is 7.80. The van der Waals surface area contributed by atoms with E-state index < -0.39 is 0 Å². The topological polar surface area (TPSA) is 67.5 Å². The van der Waals surface area contributed by atoms with Crippen molar-refractivity contribution in [3.8, 4) is 0 Å². The molecule has 4 nitrogen and oxygen atoms in total. The monoisotopic (exact) mass is 235 g/mol. The van der Waals surface area contributed by atoms with Gasteiger partial charge in [-0.3, -0.25) is 10.2 Å². The van der Waals surface area contributed by atoms with Crippen LogP contribution < -0.4 is 11.2 Å². The molecule has 0 unspecified atom stereocenters. The second-order valence-corrected chi connectivity index (χ2v) is 3.75. The smallest absolute Gasteiger partial charge is 0.184 e. The third-order valence-electron chi connectivity index (χ3n) is 2.02. The van der Waals surface area contributed by atoms with Crippen LogP contribution >= 0.6 is 12.2 Å². The van der Waals surface area contributed by atoms with Crippen LogP contribution in [0.3, 0.4) is 0 Å². The Labute approximate surface area is 99.5 Å². The van der Waals surface area contributed by atoms with Crippen molar-refractivity contribution in [3.05, 3.63) is 35.4 Å². The molecule has 0 radical (unpaired) electrons. The second kappa shape index (κ2) is 5.37. The van der Waals surface area contributed by atoms with E-state index >= 15 is 0 Å². The van der Waals surface area contributed by atoms with E-state index in [1.165, 1.54) is 6.92 Å². The number of carbonyl (C=O) groups is 1. The van der Waals surface area contributed by atoms with Gasteiger partial charge in [0.25, 0.3) is 0 Å². The van der Waals surface area contributed by atoms with Crippen LogP contribution in [0.4, 0.5) is 0 Å². The molecule has 0 aliphatic rings. The molecule has 0 atom stereocenters. The van der Waals surface area contributed by atoms with Crippen molar-refractivity contribution in [3.63, 3.8) is 0 Å². The van der Waals surface area contributed by atoms with Crippen LogP contribution in [0, 0.1) is 0 Å². The molecule has 0 fully saturated rings. The minimum absolute atomic E-state index is 0.0250. The van der Waals surface area contributed by atoms with Gasteiger partial charge in [-0.05, 0) is 37.7 Å². The maximum atomic E-state index is 11.2. The largest absolute Gasteiger partial charge is 0.375 e. The minimum atomic E-state index is 0.0250. The van der Waals surface area contributed by atoms with E-state index in [1.807, 2.05) is 19.1 Å². The fourth-order valence-electron chi connectivity index (χ4n) is 1.17. The summed E-state index contributed by atoms with van der Waals surface area (Å²) in [6, 6.07) is 7.22. The summed E-state index contributed by atoms with van der Waals surface area (Å²) in [5, 5.41) is 4.10.